The van der Waals surface area contributed by atoms with Gasteiger partial charge >= 0.3 is 11.9 Å². The van der Waals surface area contributed by atoms with Crippen molar-refractivity contribution in [1.82, 2.24) is 0 Å². The van der Waals surface area contributed by atoms with Crippen molar-refractivity contribution in [2.24, 2.45) is 11.8 Å². The van der Waals surface area contributed by atoms with Crippen LogP contribution in [0, 0.1) is 11.8 Å². The second kappa shape index (κ2) is 11.7. The molecule has 0 spiro atoms. The topological polar surface area (TPSA) is 52.6 Å². The molecule has 0 rings (SSSR count). The van der Waals surface area contributed by atoms with E-state index in [4.69, 9.17) is 9.47 Å². The minimum atomic E-state index is -0.325. The molecule has 0 aromatic rings. The fourth-order valence-electron chi connectivity index (χ4n) is 1.95. The summed E-state index contributed by atoms with van der Waals surface area (Å²) in [5.41, 5.74) is 0. The third-order valence-corrected chi connectivity index (χ3v) is 2.98. The predicted octanol–water partition coefficient (Wildman–Crippen LogP) is 3.73. The van der Waals surface area contributed by atoms with Gasteiger partial charge < -0.3 is 9.47 Å². The summed E-state index contributed by atoms with van der Waals surface area (Å²) in [6.07, 6.45) is 4.59. The molecule has 0 aliphatic carbocycles. The molecule has 0 aliphatic rings. The number of carbonyl (C=O) groups excluding carboxylic acids is 2. The van der Waals surface area contributed by atoms with Crippen molar-refractivity contribution < 1.29 is 19.1 Å². The summed E-state index contributed by atoms with van der Waals surface area (Å²) in [6.45, 7) is 9.10. The molecule has 4 heteroatoms. The standard InChI is InChI=1S/C16H30O4/c1-5-7-14(8-6-2)12-20-16(18)10-9-15(17)19-11-13(3)4/h13-14H,5-12H2,1-4H3. The lowest BCUT2D eigenvalue weighted by Crippen LogP contribution is -2.16. The number of hydrogen-bond donors (Lipinski definition) is 0. The quantitative estimate of drug-likeness (QED) is 0.543. The second-order valence-electron chi connectivity index (χ2n) is 5.70. The van der Waals surface area contributed by atoms with Crippen molar-refractivity contribution in [2.45, 2.75) is 66.2 Å². The first-order chi connectivity index (χ1) is 9.49. The number of rotatable bonds is 11. The zero-order valence-electron chi connectivity index (χ0n) is 13.4. The molecular weight excluding hydrogens is 256 g/mol. The molecule has 0 heterocycles. The molecule has 0 amide bonds. The van der Waals surface area contributed by atoms with E-state index in [2.05, 4.69) is 13.8 Å². The van der Waals surface area contributed by atoms with Gasteiger partial charge in [-0.3, -0.25) is 9.59 Å². The van der Waals surface area contributed by atoms with Crippen LogP contribution >= 0.6 is 0 Å². The van der Waals surface area contributed by atoms with Crippen LogP contribution in [0.5, 0.6) is 0 Å². The van der Waals surface area contributed by atoms with E-state index in [-0.39, 0.29) is 24.8 Å². The zero-order valence-corrected chi connectivity index (χ0v) is 13.4. The Morgan fingerprint density at radius 1 is 0.850 bits per heavy atom. The Morgan fingerprint density at radius 2 is 1.30 bits per heavy atom. The lowest BCUT2D eigenvalue weighted by molar-refractivity contribution is -0.151. The van der Waals surface area contributed by atoms with Crippen molar-refractivity contribution in [2.75, 3.05) is 13.2 Å². The smallest absolute Gasteiger partial charge is 0.306 e. The highest BCUT2D eigenvalue weighted by Gasteiger charge is 2.13. The first-order valence-corrected chi connectivity index (χ1v) is 7.80. The van der Waals surface area contributed by atoms with E-state index in [9.17, 15) is 9.59 Å². The van der Waals surface area contributed by atoms with Gasteiger partial charge in [-0.25, -0.2) is 0 Å². The Morgan fingerprint density at radius 3 is 1.70 bits per heavy atom. The Balaban J connectivity index is 3.78. The van der Waals surface area contributed by atoms with Crippen LogP contribution in [0.25, 0.3) is 0 Å². The fraction of sp³-hybridized carbons (Fsp3) is 0.875. The third-order valence-electron chi connectivity index (χ3n) is 2.98. The largest absolute Gasteiger partial charge is 0.465 e. The molecule has 0 aliphatic heterocycles. The van der Waals surface area contributed by atoms with E-state index in [0.717, 1.165) is 25.7 Å². The summed E-state index contributed by atoms with van der Waals surface area (Å²) in [5, 5.41) is 0. The molecule has 0 unspecified atom stereocenters. The summed E-state index contributed by atoms with van der Waals surface area (Å²) in [4.78, 5) is 22.9. The average Bonchev–Trinajstić information content (AvgIpc) is 2.40. The van der Waals surface area contributed by atoms with E-state index < -0.39 is 0 Å². The molecule has 0 N–H and O–H groups in total. The van der Waals surface area contributed by atoms with Gasteiger partial charge in [0.25, 0.3) is 0 Å². The summed E-state index contributed by atoms with van der Waals surface area (Å²) < 4.78 is 10.2. The monoisotopic (exact) mass is 286 g/mol. The molecule has 118 valence electrons. The van der Waals surface area contributed by atoms with Gasteiger partial charge in [-0.1, -0.05) is 40.5 Å². The Bertz CT molecular complexity index is 268. The molecule has 0 bridgehead atoms. The maximum atomic E-state index is 11.6. The van der Waals surface area contributed by atoms with Crippen LogP contribution in [-0.2, 0) is 19.1 Å². The summed E-state index contributed by atoms with van der Waals surface area (Å²) in [6, 6.07) is 0. The maximum absolute atomic E-state index is 11.6. The first kappa shape index (κ1) is 18.9. The third kappa shape index (κ3) is 10.8. The molecule has 0 aromatic heterocycles. The predicted molar refractivity (Wildman–Crippen MR) is 79.3 cm³/mol. The molecule has 0 fully saturated rings. The zero-order chi connectivity index (χ0) is 15.4. The lowest BCUT2D eigenvalue weighted by Gasteiger charge is -2.15. The minimum Gasteiger partial charge on any atom is -0.465 e. The molecular formula is C16H30O4. The number of esters is 2. The molecule has 0 aromatic carbocycles. The summed E-state index contributed by atoms with van der Waals surface area (Å²) in [7, 11) is 0. The lowest BCUT2D eigenvalue weighted by atomic mass is 9.99. The number of ether oxygens (including phenoxy) is 2. The molecule has 0 atom stereocenters. The summed E-state index contributed by atoms with van der Waals surface area (Å²) >= 11 is 0. The normalized spacial score (nSPS) is 10.9. The van der Waals surface area contributed by atoms with Crippen molar-refractivity contribution in [1.29, 1.82) is 0 Å². The van der Waals surface area contributed by atoms with Gasteiger partial charge in [-0.05, 0) is 24.7 Å². The highest BCUT2D eigenvalue weighted by molar-refractivity contribution is 5.77. The van der Waals surface area contributed by atoms with Gasteiger partial charge in [-0.2, -0.15) is 0 Å². The van der Waals surface area contributed by atoms with Gasteiger partial charge in [0.1, 0.15) is 0 Å². The first-order valence-electron chi connectivity index (χ1n) is 7.80. The van der Waals surface area contributed by atoms with E-state index in [1.807, 2.05) is 13.8 Å². The molecule has 4 nitrogen and oxygen atoms in total. The fourth-order valence-corrected chi connectivity index (χ4v) is 1.95. The van der Waals surface area contributed by atoms with Crippen molar-refractivity contribution in [3.8, 4) is 0 Å². The van der Waals surface area contributed by atoms with Crippen molar-refractivity contribution >= 4 is 11.9 Å². The van der Waals surface area contributed by atoms with Gasteiger partial charge in [0.2, 0.25) is 0 Å². The molecule has 20 heavy (non-hydrogen) atoms. The highest BCUT2D eigenvalue weighted by Crippen LogP contribution is 2.14. The average molecular weight is 286 g/mol. The van der Waals surface area contributed by atoms with Crippen LogP contribution in [-0.4, -0.2) is 25.2 Å². The van der Waals surface area contributed by atoms with Crippen LogP contribution in [0.15, 0.2) is 0 Å². The minimum absolute atomic E-state index is 0.109. The SMILES string of the molecule is CCCC(CCC)COC(=O)CCC(=O)OCC(C)C. The van der Waals surface area contributed by atoms with Gasteiger partial charge in [0.05, 0.1) is 26.1 Å². The molecule has 0 saturated heterocycles. The van der Waals surface area contributed by atoms with Gasteiger partial charge in [0.15, 0.2) is 0 Å². The van der Waals surface area contributed by atoms with Crippen molar-refractivity contribution in [3.05, 3.63) is 0 Å². The Labute approximate surface area is 123 Å². The van der Waals surface area contributed by atoms with E-state index in [1.54, 1.807) is 0 Å². The van der Waals surface area contributed by atoms with Crippen LogP contribution in [0.1, 0.15) is 66.2 Å². The number of carbonyl (C=O) groups is 2. The molecule has 0 saturated carbocycles. The van der Waals surface area contributed by atoms with Crippen molar-refractivity contribution in [3.63, 3.8) is 0 Å². The van der Waals surface area contributed by atoms with Crippen LogP contribution in [0.4, 0.5) is 0 Å². The Kier molecular flexibility index (Phi) is 11.1. The second-order valence-corrected chi connectivity index (χ2v) is 5.70. The summed E-state index contributed by atoms with van der Waals surface area (Å²) in [5.74, 6) is 0.134. The van der Waals surface area contributed by atoms with Gasteiger partial charge in [-0.15, -0.1) is 0 Å². The molecule has 0 radical (unpaired) electrons. The van der Waals surface area contributed by atoms with Crippen LogP contribution < -0.4 is 0 Å². The Hall–Kier alpha value is -1.06. The van der Waals surface area contributed by atoms with E-state index >= 15 is 0 Å². The highest BCUT2D eigenvalue weighted by atomic mass is 16.5. The van der Waals surface area contributed by atoms with E-state index in [0.29, 0.717) is 25.0 Å². The van der Waals surface area contributed by atoms with Gasteiger partial charge in [0, 0.05) is 0 Å². The number of hydrogen-bond acceptors (Lipinski definition) is 4. The van der Waals surface area contributed by atoms with Crippen LogP contribution in [0.3, 0.4) is 0 Å². The van der Waals surface area contributed by atoms with E-state index in [1.165, 1.54) is 0 Å². The van der Waals surface area contributed by atoms with Crippen LogP contribution in [0.2, 0.25) is 0 Å². The maximum Gasteiger partial charge on any atom is 0.306 e.